The van der Waals surface area contributed by atoms with Gasteiger partial charge in [0.15, 0.2) is 17.3 Å². The normalized spacial score (nSPS) is 32.7. The second-order valence-electron chi connectivity index (χ2n) is 18.6. The lowest BCUT2D eigenvalue weighted by atomic mass is 9.32. The fourth-order valence-corrected chi connectivity index (χ4v) is 13.6. The standard InChI is InChI=1S/C51H57NO6S/c1-47-22-18-36(53)31-49(47)25-26-51(40(32-49)46(55)39-15-9-8-14-38(39)35-11-6-5-7-12-35)43(47)19-23-48(2)44(51)20-24-50(48,56)33-52(27-21-37-13-10-28-59-37)45(54)30-34-16-17-41(57-3)42(29-34)58-4/h5-17,25-26,28-29,32,36,43-44,53,56H,18-24,27,30-31,33H2,1-4H3. The lowest BCUT2D eigenvalue weighted by molar-refractivity contribution is -0.178. The van der Waals surface area contributed by atoms with Gasteiger partial charge in [0.25, 0.3) is 0 Å². The van der Waals surface area contributed by atoms with E-state index in [1.165, 1.54) is 4.88 Å². The highest BCUT2D eigenvalue weighted by Gasteiger charge is 2.74. The first-order chi connectivity index (χ1) is 28.4. The van der Waals surface area contributed by atoms with Crippen LogP contribution in [-0.4, -0.2) is 65.8 Å². The van der Waals surface area contributed by atoms with E-state index in [-0.39, 0.29) is 41.9 Å². The van der Waals surface area contributed by atoms with E-state index < -0.39 is 27.9 Å². The lowest BCUT2D eigenvalue weighted by Gasteiger charge is -2.71. The Morgan fingerprint density at radius 1 is 0.831 bits per heavy atom. The summed E-state index contributed by atoms with van der Waals surface area (Å²) in [4.78, 5) is 33.2. The molecule has 2 spiro atoms. The summed E-state index contributed by atoms with van der Waals surface area (Å²) in [6.45, 7) is 5.38. The van der Waals surface area contributed by atoms with Gasteiger partial charge in [-0.1, -0.05) is 98.8 Å². The summed E-state index contributed by atoms with van der Waals surface area (Å²) in [6.07, 6.45) is 12.7. The number of aliphatic hydroxyl groups excluding tert-OH is 1. The number of thiophene rings is 1. The van der Waals surface area contributed by atoms with Crippen molar-refractivity contribution in [2.24, 2.45) is 33.5 Å². The van der Waals surface area contributed by atoms with Crippen molar-refractivity contribution in [3.8, 4) is 22.6 Å². The Balaban J connectivity index is 1.10. The highest BCUT2D eigenvalue weighted by Crippen LogP contribution is 2.78. The molecule has 3 fully saturated rings. The third-order valence-electron chi connectivity index (χ3n) is 16.0. The Morgan fingerprint density at radius 3 is 2.32 bits per heavy atom. The number of aliphatic hydroxyl groups is 2. The molecule has 8 heteroatoms. The third-order valence-corrected chi connectivity index (χ3v) is 17.0. The molecule has 3 saturated carbocycles. The number of fused-ring (bicyclic) bond motifs is 1. The average Bonchev–Trinajstić information content (AvgIpc) is 3.87. The second-order valence-corrected chi connectivity index (χ2v) is 19.6. The molecule has 7 nitrogen and oxygen atoms in total. The van der Waals surface area contributed by atoms with E-state index in [4.69, 9.17) is 9.47 Å². The number of ether oxygens (including phenoxy) is 2. The predicted molar refractivity (Wildman–Crippen MR) is 233 cm³/mol. The van der Waals surface area contributed by atoms with Crippen LogP contribution in [0.1, 0.15) is 79.6 Å². The highest BCUT2D eigenvalue weighted by molar-refractivity contribution is 7.09. The number of methoxy groups -OCH3 is 2. The third kappa shape index (κ3) is 6.18. The summed E-state index contributed by atoms with van der Waals surface area (Å²) in [5, 5.41) is 26.6. The Bertz CT molecular complexity index is 2300. The Morgan fingerprint density at radius 2 is 1.56 bits per heavy atom. The van der Waals surface area contributed by atoms with E-state index in [0.29, 0.717) is 42.9 Å². The van der Waals surface area contributed by atoms with Crippen LogP contribution < -0.4 is 9.47 Å². The number of carbonyl (C=O) groups excluding carboxylic acids is 2. The van der Waals surface area contributed by atoms with Crippen LogP contribution in [0, 0.1) is 33.5 Å². The maximum Gasteiger partial charge on any atom is 0.227 e. The van der Waals surface area contributed by atoms with Gasteiger partial charge < -0.3 is 24.6 Å². The summed E-state index contributed by atoms with van der Waals surface area (Å²) >= 11 is 1.68. The number of allylic oxidation sites excluding steroid dienone is 4. The van der Waals surface area contributed by atoms with Crippen molar-refractivity contribution in [3.05, 3.63) is 130 Å². The lowest BCUT2D eigenvalue weighted by Crippen LogP contribution is -2.67. The van der Waals surface area contributed by atoms with Gasteiger partial charge in [-0.3, -0.25) is 9.59 Å². The molecule has 4 aromatic rings. The zero-order valence-corrected chi connectivity index (χ0v) is 35.6. The minimum absolute atomic E-state index is 0.0313. The molecule has 0 saturated heterocycles. The Kier molecular flexibility index (Phi) is 10.1. The van der Waals surface area contributed by atoms with Crippen molar-refractivity contribution in [3.63, 3.8) is 0 Å². The van der Waals surface area contributed by atoms with Crippen LogP contribution in [0.2, 0.25) is 0 Å². The van der Waals surface area contributed by atoms with Gasteiger partial charge in [-0.15, -0.1) is 11.3 Å². The largest absolute Gasteiger partial charge is 0.493 e. The first-order valence-electron chi connectivity index (χ1n) is 21.4. The molecule has 59 heavy (non-hydrogen) atoms. The molecular weight excluding hydrogens is 755 g/mol. The van der Waals surface area contributed by atoms with E-state index >= 15 is 4.79 Å². The minimum Gasteiger partial charge on any atom is -0.493 e. The number of hydrogen-bond donors (Lipinski definition) is 2. The molecule has 3 aromatic carbocycles. The van der Waals surface area contributed by atoms with Crippen molar-refractivity contribution in [2.45, 2.75) is 83.3 Å². The van der Waals surface area contributed by atoms with Crippen LogP contribution in [-0.2, 0) is 17.6 Å². The summed E-state index contributed by atoms with van der Waals surface area (Å²) in [5.74, 6) is 1.33. The number of benzene rings is 3. The fourth-order valence-electron chi connectivity index (χ4n) is 12.9. The minimum atomic E-state index is -1.18. The molecule has 6 aliphatic rings. The van der Waals surface area contributed by atoms with Crippen LogP contribution in [0.4, 0.5) is 0 Å². The molecule has 8 unspecified atom stereocenters. The van der Waals surface area contributed by atoms with Crippen molar-refractivity contribution in [1.29, 1.82) is 0 Å². The van der Waals surface area contributed by atoms with Crippen LogP contribution >= 0.6 is 11.3 Å². The molecule has 10 rings (SSSR count). The van der Waals surface area contributed by atoms with E-state index in [1.807, 2.05) is 71.6 Å². The quantitative estimate of drug-likeness (QED) is 0.109. The Hall–Kier alpha value is -4.50. The fraction of sp³-hybridized carbons (Fsp3) is 0.451. The van der Waals surface area contributed by atoms with Crippen LogP contribution in [0.3, 0.4) is 0 Å². The zero-order valence-electron chi connectivity index (χ0n) is 34.8. The smallest absolute Gasteiger partial charge is 0.227 e. The number of rotatable bonds is 12. The van der Waals surface area contributed by atoms with Gasteiger partial charge in [-0.25, -0.2) is 0 Å². The Labute approximate surface area is 352 Å². The summed E-state index contributed by atoms with van der Waals surface area (Å²) in [5.41, 5.74) is 1.31. The maximum atomic E-state index is 15.6. The number of nitrogens with zero attached hydrogens (tertiary/aromatic N) is 1. The summed E-state index contributed by atoms with van der Waals surface area (Å²) in [7, 11) is 3.20. The summed E-state index contributed by atoms with van der Waals surface area (Å²) < 4.78 is 11.0. The molecule has 1 heterocycles. The first-order valence-corrected chi connectivity index (χ1v) is 22.3. The second kappa shape index (κ2) is 14.9. The molecule has 0 aliphatic heterocycles. The molecule has 1 amide bonds. The van der Waals surface area contributed by atoms with Crippen molar-refractivity contribution in [1.82, 2.24) is 4.90 Å². The van der Waals surface area contributed by atoms with Crippen LogP contribution in [0.5, 0.6) is 11.5 Å². The monoisotopic (exact) mass is 811 g/mol. The molecule has 2 N–H and O–H groups in total. The van der Waals surface area contributed by atoms with Gasteiger partial charge in [0.2, 0.25) is 5.91 Å². The van der Waals surface area contributed by atoms with Crippen LogP contribution in [0.25, 0.3) is 11.1 Å². The first kappa shape index (κ1) is 39.9. The molecule has 1 aromatic heterocycles. The van der Waals surface area contributed by atoms with E-state index in [0.717, 1.165) is 54.4 Å². The predicted octanol–water partition coefficient (Wildman–Crippen LogP) is 9.52. The summed E-state index contributed by atoms with van der Waals surface area (Å²) in [6, 6.07) is 27.9. The number of amides is 1. The zero-order chi connectivity index (χ0) is 41.2. The van der Waals surface area contributed by atoms with Gasteiger partial charge >= 0.3 is 0 Å². The van der Waals surface area contributed by atoms with Crippen molar-refractivity contribution >= 4 is 23.0 Å². The average molecular weight is 812 g/mol. The van der Waals surface area contributed by atoms with Gasteiger partial charge in [0, 0.05) is 45.3 Å². The van der Waals surface area contributed by atoms with Gasteiger partial charge in [-0.2, -0.15) is 0 Å². The van der Waals surface area contributed by atoms with Crippen molar-refractivity contribution < 1.29 is 29.3 Å². The van der Waals surface area contributed by atoms with Crippen LogP contribution in [0.15, 0.2) is 114 Å². The number of carbonyl (C=O) groups is 2. The topological polar surface area (TPSA) is 96.3 Å². The maximum absolute atomic E-state index is 15.6. The number of ketones is 1. The van der Waals surface area contributed by atoms with Gasteiger partial charge in [0.05, 0.1) is 32.3 Å². The molecule has 308 valence electrons. The van der Waals surface area contributed by atoms with E-state index in [1.54, 1.807) is 25.6 Å². The number of hydrogen-bond acceptors (Lipinski definition) is 7. The SMILES string of the molecule is COc1ccc(CC(=O)N(CCc2cccs2)CC2(O)CCC3C45C=CC6(C=C4C(=O)c4ccccc4-c4ccccc4)CC(O)CCC6(C)C5CCC32C)cc1OC. The molecule has 0 radical (unpaired) electrons. The molecular formula is C51H57NO6S. The molecule has 2 bridgehead atoms. The van der Waals surface area contributed by atoms with Crippen molar-refractivity contribution in [2.75, 3.05) is 27.3 Å². The van der Waals surface area contributed by atoms with E-state index in [9.17, 15) is 15.0 Å². The number of Topliss-reactive ketones (excluding diaryl/α,β-unsaturated/α-hetero) is 1. The molecule has 6 aliphatic carbocycles. The van der Waals surface area contributed by atoms with Gasteiger partial charge in [-0.05, 0) is 109 Å². The molecule has 8 atom stereocenters. The van der Waals surface area contributed by atoms with Gasteiger partial charge in [0.1, 0.15) is 0 Å². The van der Waals surface area contributed by atoms with E-state index in [2.05, 4.69) is 55.7 Å². The highest BCUT2D eigenvalue weighted by atomic mass is 32.1.